The lowest BCUT2D eigenvalue weighted by Gasteiger charge is -2.09. The van der Waals surface area contributed by atoms with Crippen molar-refractivity contribution >= 4 is 11.6 Å². The van der Waals surface area contributed by atoms with Crippen molar-refractivity contribution in [2.24, 2.45) is 5.73 Å². The molecular weight excluding hydrogens is 264 g/mol. The van der Waals surface area contributed by atoms with Crippen LogP contribution in [0.2, 0.25) is 0 Å². The zero-order chi connectivity index (χ0) is 15.1. The van der Waals surface area contributed by atoms with Gasteiger partial charge in [-0.15, -0.1) is 0 Å². The third kappa shape index (κ3) is 4.61. The fourth-order valence-corrected chi connectivity index (χ4v) is 2.00. The van der Waals surface area contributed by atoms with Gasteiger partial charge in [-0.1, -0.05) is 31.5 Å². The van der Waals surface area contributed by atoms with E-state index in [1.807, 2.05) is 24.3 Å². The number of hydrogen-bond acceptors (Lipinski definition) is 3. The lowest BCUT2D eigenvalue weighted by Crippen LogP contribution is -2.21. The Bertz CT molecular complexity index is 594. The van der Waals surface area contributed by atoms with Crippen molar-refractivity contribution in [3.05, 3.63) is 54.1 Å². The van der Waals surface area contributed by atoms with Crippen LogP contribution in [0.3, 0.4) is 0 Å². The third-order valence-corrected chi connectivity index (χ3v) is 3.00. The van der Waals surface area contributed by atoms with E-state index in [-0.39, 0.29) is 12.5 Å². The van der Waals surface area contributed by atoms with Gasteiger partial charge in [0.2, 0.25) is 5.91 Å². The van der Waals surface area contributed by atoms with Crippen LogP contribution in [0.4, 0.5) is 5.69 Å². The molecule has 0 aromatic heterocycles. The Balaban J connectivity index is 2.05. The number of aryl methyl sites for hydroxylation is 1. The molecular formula is C17H20N2O2. The van der Waals surface area contributed by atoms with Gasteiger partial charge in [-0.25, -0.2) is 0 Å². The standard InChI is InChI=1S/C17H20N2O2/c1-2-4-13-7-9-15(10-8-13)21-16-6-3-5-14(11-16)19-17(20)12-18/h3,5-11H,2,4,12,18H2,1H3,(H,19,20). The van der Waals surface area contributed by atoms with Gasteiger partial charge in [-0.05, 0) is 36.2 Å². The molecule has 2 aromatic rings. The summed E-state index contributed by atoms with van der Waals surface area (Å²) in [4.78, 5) is 11.3. The molecule has 110 valence electrons. The molecule has 0 saturated heterocycles. The summed E-state index contributed by atoms with van der Waals surface area (Å²) in [6.07, 6.45) is 2.20. The van der Waals surface area contributed by atoms with Gasteiger partial charge in [0.1, 0.15) is 11.5 Å². The first-order chi connectivity index (χ1) is 10.2. The smallest absolute Gasteiger partial charge is 0.238 e. The number of ether oxygens (including phenoxy) is 1. The Morgan fingerprint density at radius 2 is 1.90 bits per heavy atom. The quantitative estimate of drug-likeness (QED) is 0.855. The number of benzene rings is 2. The second-order valence-corrected chi connectivity index (χ2v) is 4.78. The highest BCUT2D eigenvalue weighted by molar-refractivity contribution is 5.92. The maximum atomic E-state index is 11.3. The first-order valence-corrected chi connectivity index (χ1v) is 7.08. The Morgan fingerprint density at radius 1 is 1.14 bits per heavy atom. The molecule has 0 spiro atoms. The van der Waals surface area contributed by atoms with E-state index < -0.39 is 0 Å². The second kappa shape index (κ2) is 7.45. The molecule has 0 atom stereocenters. The van der Waals surface area contributed by atoms with Gasteiger partial charge in [0.25, 0.3) is 0 Å². The van der Waals surface area contributed by atoms with E-state index in [0.717, 1.165) is 18.6 Å². The Labute approximate surface area is 124 Å². The number of hydrogen-bond donors (Lipinski definition) is 2. The SMILES string of the molecule is CCCc1ccc(Oc2cccc(NC(=O)CN)c2)cc1. The molecule has 4 nitrogen and oxygen atoms in total. The Morgan fingerprint density at radius 3 is 2.57 bits per heavy atom. The average Bonchev–Trinajstić information content (AvgIpc) is 2.50. The van der Waals surface area contributed by atoms with Gasteiger partial charge < -0.3 is 15.8 Å². The molecule has 0 aliphatic heterocycles. The van der Waals surface area contributed by atoms with Crippen LogP contribution in [0.5, 0.6) is 11.5 Å². The number of anilines is 1. The lowest BCUT2D eigenvalue weighted by atomic mass is 10.1. The number of carbonyl (C=O) groups excluding carboxylic acids is 1. The maximum absolute atomic E-state index is 11.3. The minimum Gasteiger partial charge on any atom is -0.457 e. The van der Waals surface area contributed by atoms with Gasteiger partial charge in [-0.3, -0.25) is 4.79 Å². The topological polar surface area (TPSA) is 64.3 Å². The number of amides is 1. The van der Waals surface area contributed by atoms with E-state index in [2.05, 4.69) is 24.4 Å². The predicted octanol–water partition coefficient (Wildman–Crippen LogP) is 3.33. The molecule has 0 fully saturated rings. The molecule has 0 heterocycles. The van der Waals surface area contributed by atoms with E-state index in [4.69, 9.17) is 10.5 Å². The molecule has 0 radical (unpaired) electrons. The van der Waals surface area contributed by atoms with Crippen molar-refractivity contribution in [1.82, 2.24) is 0 Å². The molecule has 4 heteroatoms. The summed E-state index contributed by atoms with van der Waals surface area (Å²) in [6.45, 7) is 2.12. The first-order valence-electron chi connectivity index (χ1n) is 7.08. The molecule has 2 rings (SSSR count). The summed E-state index contributed by atoms with van der Waals surface area (Å²) in [6, 6.07) is 15.3. The zero-order valence-electron chi connectivity index (χ0n) is 12.1. The lowest BCUT2D eigenvalue weighted by molar-refractivity contribution is -0.114. The predicted molar refractivity (Wildman–Crippen MR) is 84.6 cm³/mol. The monoisotopic (exact) mass is 284 g/mol. The highest BCUT2D eigenvalue weighted by atomic mass is 16.5. The minimum absolute atomic E-state index is 0.0377. The van der Waals surface area contributed by atoms with E-state index >= 15 is 0 Å². The van der Waals surface area contributed by atoms with Crippen molar-refractivity contribution in [3.8, 4) is 11.5 Å². The van der Waals surface area contributed by atoms with Crippen LogP contribution in [0, 0.1) is 0 Å². The normalized spacial score (nSPS) is 10.2. The molecule has 0 bridgehead atoms. The van der Waals surface area contributed by atoms with E-state index in [1.165, 1.54) is 5.56 Å². The number of nitrogens with two attached hydrogens (primary N) is 1. The Kier molecular flexibility index (Phi) is 5.35. The highest BCUT2D eigenvalue weighted by Crippen LogP contribution is 2.24. The van der Waals surface area contributed by atoms with E-state index in [0.29, 0.717) is 11.4 Å². The van der Waals surface area contributed by atoms with Crippen LogP contribution in [-0.4, -0.2) is 12.5 Å². The average molecular weight is 284 g/mol. The number of rotatable bonds is 6. The van der Waals surface area contributed by atoms with Gasteiger partial charge in [0, 0.05) is 11.8 Å². The Hall–Kier alpha value is -2.33. The summed E-state index contributed by atoms with van der Waals surface area (Å²) in [7, 11) is 0. The summed E-state index contributed by atoms with van der Waals surface area (Å²) in [5, 5.41) is 2.70. The molecule has 0 saturated carbocycles. The van der Waals surface area contributed by atoms with Crippen molar-refractivity contribution in [2.75, 3.05) is 11.9 Å². The fraction of sp³-hybridized carbons (Fsp3) is 0.235. The largest absolute Gasteiger partial charge is 0.457 e. The van der Waals surface area contributed by atoms with E-state index in [9.17, 15) is 4.79 Å². The van der Waals surface area contributed by atoms with Crippen molar-refractivity contribution in [2.45, 2.75) is 19.8 Å². The van der Waals surface area contributed by atoms with Gasteiger partial charge in [-0.2, -0.15) is 0 Å². The fourth-order valence-electron chi connectivity index (χ4n) is 2.00. The van der Waals surface area contributed by atoms with Gasteiger partial charge in [0.05, 0.1) is 6.54 Å². The minimum atomic E-state index is -0.226. The van der Waals surface area contributed by atoms with Crippen molar-refractivity contribution in [1.29, 1.82) is 0 Å². The summed E-state index contributed by atoms with van der Waals surface area (Å²) in [5.41, 5.74) is 7.25. The molecule has 0 aliphatic rings. The highest BCUT2D eigenvalue weighted by Gasteiger charge is 2.02. The molecule has 1 amide bonds. The van der Waals surface area contributed by atoms with Crippen LogP contribution in [0.25, 0.3) is 0 Å². The van der Waals surface area contributed by atoms with Crippen LogP contribution in [0.15, 0.2) is 48.5 Å². The van der Waals surface area contributed by atoms with Crippen LogP contribution in [-0.2, 0) is 11.2 Å². The number of nitrogens with one attached hydrogen (secondary N) is 1. The van der Waals surface area contributed by atoms with Crippen molar-refractivity contribution in [3.63, 3.8) is 0 Å². The summed E-state index contributed by atoms with van der Waals surface area (Å²) < 4.78 is 5.78. The maximum Gasteiger partial charge on any atom is 0.238 e. The summed E-state index contributed by atoms with van der Waals surface area (Å²) >= 11 is 0. The van der Waals surface area contributed by atoms with Crippen LogP contribution < -0.4 is 15.8 Å². The molecule has 3 N–H and O–H groups in total. The molecule has 0 aliphatic carbocycles. The summed E-state index contributed by atoms with van der Waals surface area (Å²) in [5.74, 6) is 1.22. The van der Waals surface area contributed by atoms with Crippen LogP contribution in [0.1, 0.15) is 18.9 Å². The van der Waals surface area contributed by atoms with Gasteiger partial charge in [0.15, 0.2) is 0 Å². The molecule has 2 aromatic carbocycles. The first kappa shape index (κ1) is 15.1. The molecule has 21 heavy (non-hydrogen) atoms. The van der Waals surface area contributed by atoms with Crippen LogP contribution >= 0.6 is 0 Å². The van der Waals surface area contributed by atoms with Crippen molar-refractivity contribution < 1.29 is 9.53 Å². The molecule has 0 unspecified atom stereocenters. The third-order valence-electron chi connectivity index (χ3n) is 3.00. The zero-order valence-corrected chi connectivity index (χ0v) is 12.1. The van der Waals surface area contributed by atoms with Gasteiger partial charge >= 0.3 is 0 Å². The van der Waals surface area contributed by atoms with E-state index in [1.54, 1.807) is 12.1 Å². The number of carbonyl (C=O) groups is 1. The second-order valence-electron chi connectivity index (χ2n) is 4.78.